The highest BCUT2D eigenvalue weighted by Gasteiger charge is 2.14. The fraction of sp³-hybridized carbons (Fsp3) is 0.364. The second-order valence-corrected chi connectivity index (χ2v) is 4.31. The Hall–Kier alpha value is -1.36. The lowest BCUT2D eigenvalue weighted by Crippen LogP contribution is -2.03. The molecular formula is C11H11ClF2N2O. The third-order valence-electron chi connectivity index (χ3n) is 2.38. The highest BCUT2D eigenvalue weighted by molar-refractivity contribution is 6.36. The van der Waals surface area contributed by atoms with E-state index in [1.807, 2.05) is 13.8 Å². The molecule has 0 aliphatic rings. The largest absolute Gasteiger partial charge is 0.417 e. The van der Waals surface area contributed by atoms with Gasteiger partial charge in [0.1, 0.15) is 5.65 Å². The van der Waals surface area contributed by atoms with Crippen LogP contribution in [0.5, 0.6) is 5.88 Å². The van der Waals surface area contributed by atoms with Crippen molar-refractivity contribution in [1.82, 2.24) is 9.97 Å². The first-order chi connectivity index (χ1) is 7.99. The smallest absolute Gasteiger partial charge is 0.388 e. The summed E-state index contributed by atoms with van der Waals surface area (Å²) >= 11 is 6.15. The quantitative estimate of drug-likeness (QED) is 0.908. The van der Waals surface area contributed by atoms with Crippen LogP contribution in [-0.4, -0.2) is 16.6 Å². The molecule has 2 aromatic heterocycles. The minimum Gasteiger partial charge on any atom is -0.417 e. The number of aromatic amines is 1. The Morgan fingerprint density at radius 1 is 1.35 bits per heavy atom. The number of hydrogen-bond donors (Lipinski definition) is 1. The van der Waals surface area contributed by atoms with E-state index >= 15 is 0 Å². The summed E-state index contributed by atoms with van der Waals surface area (Å²) in [6, 6.07) is 2.99. The van der Waals surface area contributed by atoms with Crippen molar-refractivity contribution in [2.24, 2.45) is 0 Å². The molecule has 0 unspecified atom stereocenters. The molecule has 0 aliphatic carbocycles. The molecule has 0 amide bonds. The topological polar surface area (TPSA) is 37.9 Å². The average molecular weight is 261 g/mol. The number of nitrogens with one attached hydrogen (secondary N) is 1. The van der Waals surface area contributed by atoms with Crippen molar-refractivity contribution < 1.29 is 13.5 Å². The molecule has 6 heteroatoms. The molecule has 17 heavy (non-hydrogen) atoms. The molecule has 0 atom stereocenters. The number of hydrogen-bond acceptors (Lipinski definition) is 2. The van der Waals surface area contributed by atoms with Crippen molar-refractivity contribution in [3.8, 4) is 5.88 Å². The van der Waals surface area contributed by atoms with Crippen LogP contribution in [0.2, 0.25) is 5.02 Å². The standard InChI is InChI=1S/C11H11ClF2N2O/c1-5(2)9-8(12)6-3-4-7(17-11(13)14)15-10(6)16-9/h3-5,11H,1-2H3,(H,15,16). The number of H-pyrrole nitrogens is 1. The van der Waals surface area contributed by atoms with Gasteiger partial charge in [0.2, 0.25) is 5.88 Å². The van der Waals surface area contributed by atoms with Crippen LogP contribution in [-0.2, 0) is 0 Å². The number of rotatable bonds is 3. The van der Waals surface area contributed by atoms with Crippen molar-refractivity contribution in [3.05, 3.63) is 22.8 Å². The van der Waals surface area contributed by atoms with E-state index in [1.165, 1.54) is 6.07 Å². The lowest BCUT2D eigenvalue weighted by molar-refractivity contribution is -0.0526. The van der Waals surface area contributed by atoms with Crippen LogP contribution in [0.1, 0.15) is 25.5 Å². The van der Waals surface area contributed by atoms with Gasteiger partial charge in [-0.25, -0.2) is 0 Å². The first kappa shape index (κ1) is 12.1. The van der Waals surface area contributed by atoms with Gasteiger partial charge in [0.25, 0.3) is 0 Å². The summed E-state index contributed by atoms with van der Waals surface area (Å²) in [5, 5.41) is 1.28. The summed E-state index contributed by atoms with van der Waals surface area (Å²) in [7, 11) is 0. The van der Waals surface area contributed by atoms with Crippen LogP contribution in [0.25, 0.3) is 11.0 Å². The zero-order chi connectivity index (χ0) is 12.6. The molecule has 92 valence electrons. The maximum Gasteiger partial charge on any atom is 0.388 e. The van der Waals surface area contributed by atoms with E-state index in [9.17, 15) is 8.78 Å². The fourth-order valence-corrected chi connectivity index (χ4v) is 2.01. The summed E-state index contributed by atoms with van der Waals surface area (Å²) < 4.78 is 28.3. The Balaban J connectivity index is 2.48. The van der Waals surface area contributed by atoms with Gasteiger partial charge in [-0.2, -0.15) is 13.8 Å². The molecule has 0 bridgehead atoms. The lowest BCUT2D eigenvalue weighted by Gasteiger charge is -2.02. The molecule has 3 nitrogen and oxygen atoms in total. The molecular weight excluding hydrogens is 250 g/mol. The van der Waals surface area contributed by atoms with Crippen molar-refractivity contribution >= 4 is 22.6 Å². The van der Waals surface area contributed by atoms with E-state index in [0.717, 1.165) is 5.69 Å². The third kappa shape index (κ3) is 2.34. The lowest BCUT2D eigenvalue weighted by atomic mass is 10.1. The number of halogens is 3. The third-order valence-corrected chi connectivity index (χ3v) is 2.79. The Kier molecular flexibility index (Phi) is 3.19. The van der Waals surface area contributed by atoms with Gasteiger partial charge < -0.3 is 9.72 Å². The molecule has 0 aliphatic heterocycles. The van der Waals surface area contributed by atoms with Crippen molar-refractivity contribution in [2.75, 3.05) is 0 Å². The number of nitrogens with zero attached hydrogens (tertiary/aromatic N) is 1. The van der Waals surface area contributed by atoms with Crippen LogP contribution in [0.3, 0.4) is 0 Å². The summed E-state index contributed by atoms with van der Waals surface area (Å²) in [5.74, 6) is 0.0805. The van der Waals surface area contributed by atoms with Gasteiger partial charge in [-0.3, -0.25) is 0 Å². The molecule has 0 saturated carbocycles. The van der Waals surface area contributed by atoms with Crippen LogP contribution in [0.15, 0.2) is 12.1 Å². The van der Waals surface area contributed by atoms with Gasteiger partial charge in [-0.1, -0.05) is 25.4 Å². The Labute approximate surface area is 102 Å². The van der Waals surface area contributed by atoms with E-state index in [1.54, 1.807) is 6.07 Å². The average Bonchev–Trinajstić information content (AvgIpc) is 2.55. The molecule has 2 aromatic rings. The Morgan fingerprint density at radius 2 is 2.06 bits per heavy atom. The van der Waals surface area contributed by atoms with Gasteiger partial charge in [0.05, 0.1) is 5.02 Å². The predicted octanol–water partition coefficient (Wildman–Crippen LogP) is 3.94. The van der Waals surface area contributed by atoms with E-state index in [-0.39, 0.29) is 11.8 Å². The Bertz CT molecular complexity index is 539. The zero-order valence-corrected chi connectivity index (χ0v) is 10.1. The summed E-state index contributed by atoms with van der Waals surface area (Å²) in [4.78, 5) is 6.95. The van der Waals surface area contributed by atoms with E-state index in [4.69, 9.17) is 11.6 Å². The van der Waals surface area contributed by atoms with Crippen LogP contribution < -0.4 is 4.74 Å². The monoisotopic (exact) mass is 260 g/mol. The first-order valence-corrected chi connectivity index (χ1v) is 5.49. The molecule has 0 aromatic carbocycles. The molecule has 1 N–H and O–H groups in total. The summed E-state index contributed by atoms with van der Waals surface area (Å²) in [6.07, 6.45) is 0. The zero-order valence-electron chi connectivity index (χ0n) is 9.30. The molecule has 0 fully saturated rings. The number of fused-ring (bicyclic) bond motifs is 1. The van der Waals surface area contributed by atoms with Crippen molar-refractivity contribution in [1.29, 1.82) is 0 Å². The number of alkyl halides is 2. The predicted molar refractivity (Wildman–Crippen MR) is 61.8 cm³/mol. The maximum atomic E-state index is 12.0. The van der Waals surface area contributed by atoms with Crippen molar-refractivity contribution in [2.45, 2.75) is 26.4 Å². The van der Waals surface area contributed by atoms with E-state index in [0.29, 0.717) is 16.1 Å². The summed E-state index contributed by atoms with van der Waals surface area (Å²) in [5.41, 5.74) is 1.29. The molecule has 0 spiro atoms. The number of ether oxygens (including phenoxy) is 1. The maximum absolute atomic E-state index is 12.0. The van der Waals surface area contributed by atoms with Crippen molar-refractivity contribution in [3.63, 3.8) is 0 Å². The minimum atomic E-state index is -2.88. The molecule has 2 rings (SSSR count). The van der Waals surface area contributed by atoms with Gasteiger partial charge in [0, 0.05) is 17.1 Å². The van der Waals surface area contributed by atoms with Gasteiger partial charge in [-0.05, 0) is 12.0 Å². The van der Waals surface area contributed by atoms with Gasteiger partial charge in [0.15, 0.2) is 0 Å². The highest BCUT2D eigenvalue weighted by atomic mass is 35.5. The fourth-order valence-electron chi connectivity index (χ4n) is 1.60. The van der Waals surface area contributed by atoms with Gasteiger partial charge in [-0.15, -0.1) is 0 Å². The van der Waals surface area contributed by atoms with Crippen LogP contribution in [0, 0.1) is 0 Å². The highest BCUT2D eigenvalue weighted by Crippen LogP contribution is 2.32. The second-order valence-electron chi connectivity index (χ2n) is 3.93. The molecule has 0 radical (unpaired) electrons. The molecule has 0 saturated heterocycles. The van der Waals surface area contributed by atoms with Crippen LogP contribution in [0.4, 0.5) is 8.78 Å². The first-order valence-electron chi connectivity index (χ1n) is 5.12. The van der Waals surface area contributed by atoms with Crippen LogP contribution >= 0.6 is 11.6 Å². The normalized spacial score (nSPS) is 11.7. The van der Waals surface area contributed by atoms with E-state index in [2.05, 4.69) is 14.7 Å². The minimum absolute atomic E-state index is 0.124. The number of aromatic nitrogens is 2. The summed E-state index contributed by atoms with van der Waals surface area (Å²) in [6.45, 7) is 1.08. The number of pyridine rings is 1. The Morgan fingerprint density at radius 3 is 2.65 bits per heavy atom. The van der Waals surface area contributed by atoms with Gasteiger partial charge >= 0.3 is 6.61 Å². The second kappa shape index (κ2) is 4.49. The SMILES string of the molecule is CC(C)c1[nH]c2nc(OC(F)F)ccc2c1Cl. The molecule has 2 heterocycles. The van der Waals surface area contributed by atoms with E-state index < -0.39 is 6.61 Å².